The third-order valence-electron chi connectivity index (χ3n) is 4.71. The SMILES string of the molecule is O=C(OCc1ccccc1)N1CC2CCC3(COS(=O)N23)C1. The highest BCUT2D eigenvalue weighted by molar-refractivity contribution is 7.78. The van der Waals surface area contributed by atoms with Crippen molar-refractivity contribution in [1.82, 2.24) is 9.21 Å². The standard InChI is InChI=1S/C15H18N2O4S/c18-14(20-9-12-4-2-1-3-5-12)16-8-13-6-7-15(10-16)11-21-22(19)17(13)15/h1-5,13H,6-11H2. The molecule has 0 aliphatic carbocycles. The second kappa shape index (κ2) is 5.33. The van der Waals surface area contributed by atoms with Crippen molar-refractivity contribution in [2.24, 2.45) is 0 Å². The van der Waals surface area contributed by atoms with E-state index in [1.807, 2.05) is 34.6 Å². The molecule has 1 aromatic carbocycles. The number of amides is 1. The van der Waals surface area contributed by atoms with Crippen LogP contribution in [0.5, 0.6) is 0 Å². The molecule has 7 heteroatoms. The largest absolute Gasteiger partial charge is 0.445 e. The molecule has 3 aliphatic heterocycles. The van der Waals surface area contributed by atoms with Crippen molar-refractivity contribution in [1.29, 1.82) is 0 Å². The van der Waals surface area contributed by atoms with Gasteiger partial charge in [-0.3, -0.25) is 4.18 Å². The van der Waals surface area contributed by atoms with Crippen LogP contribution in [0.15, 0.2) is 30.3 Å². The minimum absolute atomic E-state index is 0.112. The fourth-order valence-electron chi connectivity index (χ4n) is 3.67. The van der Waals surface area contributed by atoms with Crippen molar-refractivity contribution in [2.45, 2.75) is 31.0 Å². The Labute approximate surface area is 131 Å². The molecule has 3 fully saturated rings. The zero-order chi connectivity index (χ0) is 15.2. The highest BCUT2D eigenvalue weighted by Crippen LogP contribution is 2.44. The van der Waals surface area contributed by atoms with Crippen LogP contribution >= 0.6 is 0 Å². The molecule has 1 aromatic rings. The lowest BCUT2D eigenvalue weighted by molar-refractivity contribution is 0.0430. The molecule has 3 heterocycles. The van der Waals surface area contributed by atoms with Crippen LogP contribution in [0, 0.1) is 0 Å². The summed E-state index contributed by atoms with van der Waals surface area (Å²) in [4.78, 5) is 14.1. The van der Waals surface area contributed by atoms with Gasteiger partial charge in [-0.25, -0.2) is 9.00 Å². The summed E-state index contributed by atoms with van der Waals surface area (Å²) in [5, 5.41) is 0. The predicted molar refractivity (Wildman–Crippen MR) is 79.9 cm³/mol. The zero-order valence-electron chi connectivity index (χ0n) is 12.1. The van der Waals surface area contributed by atoms with Crippen LogP contribution in [0.3, 0.4) is 0 Å². The fraction of sp³-hybridized carbons (Fsp3) is 0.533. The Balaban J connectivity index is 1.42. The first-order valence-electron chi connectivity index (χ1n) is 7.48. The van der Waals surface area contributed by atoms with Gasteiger partial charge in [-0.15, -0.1) is 0 Å². The first-order valence-corrected chi connectivity index (χ1v) is 8.51. The number of benzene rings is 1. The number of rotatable bonds is 2. The van der Waals surface area contributed by atoms with E-state index in [2.05, 4.69) is 0 Å². The molecule has 118 valence electrons. The van der Waals surface area contributed by atoms with E-state index in [9.17, 15) is 9.00 Å². The van der Waals surface area contributed by atoms with Gasteiger partial charge >= 0.3 is 6.09 Å². The predicted octanol–water partition coefficient (Wildman–Crippen LogP) is 1.45. The Kier molecular flexibility index (Phi) is 3.43. The molecule has 0 saturated carbocycles. The molecule has 4 rings (SSSR count). The van der Waals surface area contributed by atoms with Gasteiger partial charge in [0.25, 0.3) is 0 Å². The summed E-state index contributed by atoms with van der Waals surface area (Å²) >= 11 is -1.35. The van der Waals surface area contributed by atoms with Gasteiger partial charge in [-0.1, -0.05) is 30.3 Å². The molecule has 3 atom stereocenters. The lowest BCUT2D eigenvalue weighted by atomic mass is 9.98. The van der Waals surface area contributed by atoms with Crippen LogP contribution in [0.25, 0.3) is 0 Å². The van der Waals surface area contributed by atoms with Gasteiger partial charge in [0.1, 0.15) is 6.61 Å². The summed E-state index contributed by atoms with van der Waals surface area (Å²) < 4.78 is 24.6. The topological polar surface area (TPSA) is 59.1 Å². The smallest absolute Gasteiger partial charge is 0.410 e. The lowest BCUT2D eigenvalue weighted by Crippen LogP contribution is -2.60. The van der Waals surface area contributed by atoms with Gasteiger partial charge in [0.15, 0.2) is 0 Å². The highest BCUT2D eigenvalue weighted by atomic mass is 32.2. The van der Waals surface area contributed by atoms with Crippen LogP contribution in [-0.2, 0) is 26.8 Å². The van der Waals surface area contributed by atoms with E-state index in [1.54, 1.807) is 4.90 Å². The van der Waals surface area contributed by atoms with Crippen molar-refractivity contribution < 1.29 is 17.9 Å². The number of hydrogen-bond acceptors (Lipinski definition) is 4. The average molecular weight is 322 g/mol. The van der Waals surface area contributed by atoms with E-state index in [0.29, 0.717) is 19.7 Å². The van der Waals surface area contributed by atoms with E-state index in [4.69, 9.17) is 8.92 Å². The average Bonchev–Trinajstić information content (AvgIpc) is 2.99. The van der Waals surface area contributed by atoms with E-state index in [0.717, 1.165) is 18.4 Å². The molecule has 3 saturated heterocycles. The molecule has 2 bridgehead atoms. The number of likely N-dealkylation sites (tertiary alicyclic amines) is 1. The van der Waals surface area contributed by atoms with E-state index >= 15 is 0 Å². The van der Waals surface area contributed by atoms with Crippen molar-refractivity contribution in [3.05, 3.63) is 35.9 Å². The second-order valence-corrected chi connectivity index (χ2v) is 7.21. The maximum Gasteiger partial charge on any atom is 0.410 e. The Bertz CT molecular complexity index is 611. The molecule has 3 unspecified atom stereocenters. The minimum atomic E-state index is -1.35. The Hall–Kier alpha value is -1.44. The molecule has 22 heavy (non-hydrogen) atoms. The Morgan fingerprint density at radius 3 is 3.05 bits per heavy atom. The number of piperazine rings is 1. The monoisotopic (exact) mass is 322 g/mol. The Morgan fingerprint density at radius 1 is 1.41 bits per heavy atom. The lowest BCUT2D eigenvalue weighted by Gasteiger charge is -2.41. The third-order valence-corrected chi connectivity index (χ3v) is 6.04. The first kappa shape index (κ1) is 14.2. The maximum absolute atomic E-state index is 12.3. The highest BCUT2D eigenvalue weighted by Gasteiger charge is 2.59. The number of carbonyl (C=O) groups excluding carboxylic acids is 1. The van der Waals surface area contributed by atoms with Gasteiger partial charge in [0, 0.05) is 19.1 Å². The summed E-state index contributed by atoms with van der Waals surface area (Å²) in [5.74, 6) is 0. The Morgan fingerprint density at radius 2 is 2.23 bits per heavy atom. The molecule has 0 spiro atoms. The molecule has 1 amide bonds. The summed E-state index contributed by atoms with van der Waals surface area (Å²) in [7, 11) is 0. The summed E-state index contributed by atoms with van der Waals surface area (Å²) in [6.07, 6.45) is 1.58. The van der Waals surface area contributed by atoms with Crippen LogP contribution in [0.1, 0.15) is 18.4 Å². The molecular formula is C15H18N2O4S. The number of hydrogen-bond donors (Lipinski definition) is 0. The minimum Gasteiger partial charge on any atom is -0.445 e. The summed E-state index contributed by atoms with van der Waals surface area (Å²) in [6.45, 7) is 1.80. The fourth-order valence-corrected chi connectivity index (χ4v) is 5.03. The van der Waals surface area contributed by atoms with E-state index in [1.165, 1.54) is 0 Å². The molecule has 0 N–H and O–H groups in total. The van der Waals surface area contributed by atoms with Crippen molar-refractivity contribution in [2.75, 3.05) is 19.7 Å². The number of ether oxygens (including phenoxy) is 1. The number of nitrogens with zero attached hydrogens (tertiary/aromatic N) is 2. The van der Waals surface area contributed by atoms with Gasteiger partial charge in [0.05, 0.1) is 12.1 Å². The first-order chi connectivity index (χ1) is 10.7. The normalized spacial score (nSPS) is 33.7. The molecule has 3 aliphatic rings. The summed E-state index contributed by atoms with van der Waals surface area (Å²) in [5.41, 5.74) is 0.695. The van der Waals surface area contributed by atoms with Gasteiger partial charge in [-0.05, 0) is 18.4 Å². The van der Waals surface area contributed by atoms with Crippen LogP contribution in [0.4, 0.5) is 4.79 Å². The molecule has 6 nitrogen and oxygen atoms in total. The van der Waals surface area contributed by atoms with Gasteiger partial charge in [0.2, 0.25) is 11.3 Å². The third kappa shape index (κ3) is 2.24. The van der Waals surface area contributed by atoms with Gasteiger partial charge in [-0.2, -0.15) is 4.31 Å². The number of carbonyl (C=O) groups is 1. The van der Waals surface area contributed by atoms with E-state index < -0.39 is 11.3 Å². The van der Waals surface area contributed by atoms with Crippen molar-refractivity contribution in [3.8, 4) is 0 Å². The van der Waals surface area contributed by atoms with Crippen LogP contribution in [-0.4, -0.2) is 50.8 Å². The maximum atomic E-state index is 12.3. The van der Waals surface area contributed by atoms with E-state index in [-0.39, 0.29) is 24.3 Å². The molecule has 0 aromatic heterocycles. The van der Waals surface area contributed by atoms with Crippen LogP contribution < -0.4 is 0 Å². The van der Waals surface area contributed by atoms with Crippen molar-refractivity contribution >= 4 is 17.4 Å². The van der Waals surface area contributed by atoms with Gasteiger partial charge < -0.3 is 9.64 Å². The zero-order valence-corrected chi connectivity index (χ0v) is 13.0. The summed E-state index contributed by atoms with van der Waals surface area (Å²) in [6, 6.07) is 9.75. The van der Waals surface area contributed by atoms with Crippen molar-refractivity contribution in [3.63, 3.8) is 0 Å². The second-order valence-electron chi connectivity index (χ2n) is 6.14. The van der Waals surface area contributed by atoms with Crippen LogP contribution in [0.2, 0.25) is 0 Å². The quantitative estimate of drug-likeness (QED) is 0.827. The molecular weight excluding hydrogens is 304 g/mol. The molecule has 0 radical (unpaired) electrons.